The quantitative estimate of drug-likeness (QED) is 0.915. The molecular weight excluding hydrogens is 262 g/mol. The number of likely N-dealkylation sites (tertiary alicyclic amines) is 1. The van der Waals surface area contributed by atoms with E-state index in [0.717, 1.165) is 24.6 Å². The smallest absolute Gasteiger partial charge is 0.127 e. The van der Waals surface area contributed by atoms with Crippen molar-refractivity contribution in [2.24, 2.45) is 7.05 Å². The number of hydrogen-bond donors (Lipinski definition) is 1. The van der Waals surface area contributed by atoms with E-state index in [0.29, 0.717) is 6.04 Å². The SMILES string of the molecule is Cn1c(C2CCCN2C2CCNCC2)nc2cnccc21. The molecule has 112 valence electrons. The van der Waals surface area contributed by atoms with Gasteiger partial charge in [-0.2, -0.15) is 0 Å². The van der Waals surface area contributed by atoms with Crippen LogP contribution in [-0.4, -0.2) is 45.1 Å². The molecule has 21 heavy (non-hydrogen) atoms. The van der Waals surface area contributed by atoms with Gasteiger partial charge in [-0.3, -0.25) is 9.88 Å². The second kappa shape index (κ2) is 5.39. The Bertz CT molecular complexity index is 629. The van der Waals surface area contributed by atoms with Gasteiger partial charge >= 0.3 is 0 Å². The molecular formula is C16H23N5. The Labute approximate surface area is 125 Å². The summed E-state index contributed by atoms with van der Waals surface area (Å²) in [5.74, 6) is 1.22. The lowest BCUT2D eigenvalue weighted by Gasteiger charge is -2.35. The standard InChI is InChI=1S/C16H23N5/c1-20-14-6-9-18-11-13(14)19-16(20)15-3-2-10-21(15)12-4-7-17-8-5-12/h6,9,11-12,15,17H,2-5,7-8,10H2,1H3. The van der Waals surface area contributed by atoms with Crippen LogP contribution in [-0.2, 0) is 7.05 Å². The van der Waals surface area contributed by atoms with Crippen molar-refractivity contribution in [3.8, 4) is 0 Å². The van der Waals surface area contributed by atoms with Gasteiger partial charge in [0.25, 0.3) is 0 Å². The summed E-state index contributed by atoms with van der Waals surface area (Å²) in [6.45, 7) is 3.53. The third-order valence-corrected chi connectivity index (χ3v) is 5.09. The zero-order chi connectivity index (χ0) is 14.2. The topological polar surface area (TPSA) is 46.0 Å². The van der Waals surface area contributed by atoms with Crippen LogP contribution in [0.2, 0.25) is 0 Å². The number of nitrogens with zero attached hydrogens (tertiary/aromatic N) is 4. The second-order valence-corrected chi connectivity index (χ2v) is 6.27. The summed E-state index contributed by atoms with van der Waals surface area (Å²) >= 11 is 0. The van der Waals surface area contributed by atoms with Gasteiger partial charge in [0.05, 0.1) is 17.8 Å². The first-order chi connectivity index (χ1) is 10.3. The number of piperidine rings is 1. The summed E-state index contributed by atoms with van der Waals surface area (Å²) in [6, 6.07) is 3.26. The van der Waals surface area contributed by atoms with Crippen molar-refractivity contribution in [3.63, 3.8) is 0 Å². The Morgan fingerprint density at radius 2 is 2.10 bits per heavy atom. The highest BCUT2D eigenvalue weighted by Gasteiger charge is 2.34. The van der Waals surface area contributed by atoms with Gasteiger partial charge in [0.2, 0.25) is 0 Å². The minimum absolute atomic E-state index is 0.477. The summed E-state index contributed by atoms with van der Waals surface area (Å²) < 4.78 is 2.26. The highest BCUT2D eigenvalue weighted by atomic mass is 15.3. The number of aryl methyl sites for hydroxylation is 1. The summed E-state index contributed by atoms with van der Waals surface area (Å²) in [7, 11) is 2.14. The van der Waals surface area contributed by atoms with E-state index >= 15 is 0 Å². The molecule has 2 aliphatic heterocycles. The van der Waals surface area contributed by atoms with Crippen molar-refractivity contribution < 1.29 is 0 Å². The summed E-state index contributed by atoms with van der Waals surface area (Å²) in [4.78, 5) is 11.8. The predicted octanol–water partition coefficient (Wildman–Crippen LogP) is 1.86. The Morgan fingerprint density at radius 3 is 2.90 bits per heavy atom. The summed E-state index contributed by atoms with van der Waals surface area (Å²) in [5, 5.41) is 3.47. The van der Waals surface area contributed by atoms with Gasteiger partial charge in [-0.15, -0.1) is 0 Å². The van der Waals surface area contributed by atoms with E-state index in [1.54, 1.807) is 0 Å². The zero-order valence-corrected chi connectivity index (χ0v) is 12.6. The van der Waals surface area contributed by atoms with E-state index in [4.69, 9.17) is 4.98 Å². The number of aromatic nitrogens is 3. The van der Waals surface area contributed by atoms with Crippen molar-refractivity contribution >= 4 is 11.0 Å². The largest absolute Gasteiger partial charge is 0.330 e. The van der Waals surface area contributed by atoms with Crippen LogP contribution in [0.3, 0.4) is 0 Å². The van der Waals surface area contributed by atoms with Crippen molar-refractivity contribution in [2.45, 2.75) is 37.8 Å². The molecule has 0 saturated carbocycles. The van der Waals surface area contributed by atoms with Crippen LogP contribution in [0, 0.1) is 0 Å². The van der Waals surface area contributed by atoms with Gasteiger partial charge < -0.3 is 9.88 Å². The lowest BCUT2D eigenvalue weighted by Crippen LogP contribution is -2.43. The number of fused-ring (bicyclic) bond motifs is 1. The lowest BCUT2D eigenvalue weighted by molar-refractivity contribution is 0.142. The normalized spacial score (nSPS) is 24.9. The van der Waals surface area contributed by atoms with Crippen LogP contribution in [0.4, 0.5) is 0 Å². The maximum atomic E-state index is 4.88. The molecule has 0 amide bonds. The maximum Gasteiger partial charge on any atom is 0.127 e. The molecule has 2 aromatic rings. The average Bonchev–Trinajstić information content (AvgIpc) is 3.13. The van der Waals surface area contributed by atoms with Crippen LogP contribution in [0.5, 0.6) is 0 Å². The molecule has 4 rings (SSSR count). The van der Waals surface area contributed by atoms with Crippen LogP contribution < -0.4 is 5.32 Å². The molecule has 2 aromatic heterocycles. The minimum Gasteiger partial charge on any atom is -0.330 e. The first kappa shape index (κ1) is 13.2. The number of pyridine rings is 1. The second-order valence-electron chi connectivity index (χ2n) is 6.27. The molecule has 4 heterocycles. The molecule has 1 unspecified atom stereocenters. The number of rotatable bonds is 2. The molecule has 0 aromatic carbocycles. The molecule has 5 nitrogen and oxygen atoms in total. The zero-order valence-electron chi connectivity index (χ0n) is 12.6. The molecule has 0 spiro atoms. The van der Waals surface area contributed by atoms with E-state index in [1.165, 1.54) is 43.6 Å². The summed E-state index contributed by atoms with van der Waals surface area (Å²) in [5.41, 5.74) is 2.21. The summed E-state index contributed by atoms with van der Waals surface area (Å²) in [6.07, 6.45) is 8.78. The third kappa shape index (κ3) is 2.24. The molecule has 0 bridgehead atoms. The van der Waals surface area contributed by atoms with Gasteiger partial charge in [-0.25, -0.2) is 4.98 Å². The fraction of sp³-hybridized carbons (Fsp3) is 0.625. The molecule has 2 aliphatic rings. The van der Waals surface area contributed by atoms with Crippen molar-refractivity contribution in [2.75, 3.05) is 19.6 Å². The van der Waals surface area contributed by atoms with Crippen LogP contribution >= 0.6 is 0 Å². The molecule has 5 heteroatoms. The molecule has 1 atom stereocenters. The third-order valence-electron chi connectivity index (χ3n) is 5.09. The van der Waals surface area contributed by atoms with Crippen LogP contribution in [0.1, 0.15) is 37.5 Å². The van der Waals surface area contributed by atoms with Gasteiger partial charge in [0.15, 0.2) is 0 Å². The fourth-order valence-corrected chi connectivity index (χ4v) is 4.01. The molecule has 2 fully saturated rings. The van der Waals surface area contributed by atoms with Gasteiger partial charge in [-0.1, -0.05) is 0 Å². The van der Waals surface area contributed by atoms with Gasteiger partial charge in [0.1, 0.15) is 11.3 Å². The van der Waals surface area contributed by atoms with Gasteiger partial charge in [0, 0.05) is 19.3 Å². The Kier molecular flexibility index (Phi) is 3.39. The van der Waals surface area contributed by atoms with Crippen molar-refractivity contribution in [1.29, 1.82) is 0 Å². The highest BCUT2D eigenvalue weighted by Crippen LogP contribution is 2.35. The Morgan fingerprint density at radius 1 is 1.24 bits per heavy atom. The molecule has 0 radical (unpaired) electrons. The molecule has 2 saturated heterocycles. The molecule has 1 N–H and O–H groups in total. The lowest BCUT2D eigenvalue weighted by atomic mass is 10.0. The van der Waals surface area contributed by atoms with Crippen molar-refractivity contribution in [1.82, 2.24) is 24.8 Å². The first-order valence-electron chi connectivity index (χ1n) is 8.07. The number of hydrogen-bond acceptors (Lipinski definition) is 4. The van der Waals surface area contributed by atoms with Crippen LogP contribution in [0.15, 0.2) is 18.5 Å². The van der Waals surface area contributed by atoms with Crippen molar-refractivity contribution in [3.05, 3.63) is 24.3 Å². The Balaban J connectivity index is 1.68. The number of nitrogens with one attached hydrogen (secondary N) is 1. The minimum atomic E-state index is 0.477. The van der Waals surface area contributed by atoms with Crippen LogP contribution in [0.25, 0.3) is 11.0 Å². The highest BCUT2D eigenvalue weighted by molar-refractivity contribution is 5.74. The van der Waals surface area contributed by atoms with E-state index < -0.39 is 0 Å². The Hall–Kier alpha value is -1.46. The average molecular weight is 285 g/mol. The first-order valence-corrected chi connectivity index (χ1v) is 8.07. The number of imidazole rings is 1. The van der Waals surface area contributed by atoms with E-state index in [2.05, 4.69) is 32.9 Å². The maximum absolute atomic E-state index is 4.88. The predicted molar refractivity (Wildman–Crippen MR) is 83.1 cm³/mol. The van der Waals surface area contributed by atoms with E-state index in [9.17, 15) is 0 Å². The molecule has 0 aliphatic carbocycles. The van der Waals surface area contributed by atoms with E-state index in [1.807, 2.05) is 12.4 Å². The monoisotopic (exact) mass is 285 g/mol. The van der Waals surface area contributed by atoms with Gasteiger partial charge in [-0.05, 0) is 51.4 Å². The van der Waals surface area contributed by atoms with E-state index in [-0.39, 0.29) is 0 Å². The fourth-order valence-electron chi connectivity index (χ4n) is 4.01.